The van der Waals surface area contributed by atoms with Crippen LogP contribution in [0.4, 0.5) is 0 Å². The zero-order valence-corrected chi connectivity index (χ0v) is 11.7. The molecular formula is C12H19N3OS. The second kappa shape index (κ2) is 4.84. The number of aryl methyl sites for hydroxylation is 1. The number of hydrogen-bond acceptors (Lipinski definition) is 5. The van der Waals surface area contributed by atoms with Gasteiger partial charge in [0, 0.05) is 26.6 Å². The average molecular weight is 253 g/mol. The van der Waals surface area contributed by atoms with Crippen molar-refractivity contribution in [2.45, 2.75) is 19.9 Å². The quantitative estimate of drug-likeness (QED) is 0.750. The zero-order valence-electron chi connectivity index (χ0n) is 10.9. The highest BCUT2D eigenvalue weighted by Gasteiger charge is 2.27. The Morgan fingerprint density at radius 1 is 1.41 bits per heavy atom. The van der Waals surface area contributed by atoms with Crippen LogP contribution in [0, 0.1) is 6.92 Å². The maximum Gasteiger partial charge on any atom is 0.171 e. The fourth-order valence-corrected chi connectivity index (χ4v) is 3.28. The number of hydrogen-bond donors (Lipinski definition) is 0. The Hall–Kier alpha value is -0.780. The second-order valence-electron chi connectivity index (χ2n) is 4.78. The fraction of sp³-hybridized carbons (Fsp3) is 0.667. The van der Waals surface area contributed by atoms with Crippen molar-refractivity contribution in [2.75, 3.05) is 33.7 Å². The molecule has 1 aromatic rings. The van der Waals surface area contributed by atoms with Gasteiger partial charge in [0.25, 0.3) is 0 Å². The predicted molar refractivity (Wildman–Crippen MR) is 69.7 cm³/mol. The lowest BCUT2D eigenvalue weighted by Gasteiger charge is -2.36. The number of ketones is 1. The summed E-state index contributed by atoms with van der Waals surface area (Å²) in [6.45, 7) is 6.66. The molecule has 1 aromatic heterocycles. The van der Waals surface area contributed by atoms with Crippen LogP contribution in [0.25, 0.3) is 0 Å². The zero-order chi connectivity index (χ0) is 12.6. The number of piperazine rings is 1. The van der Waals surface area contributed by atoms with E-state index >= 15 is 0 Å². The molecule has 1 unspecified atom stereocenters. The smallest absolute Gasteiger partial charge is 0.171 e. The van der Waals surface area contributed by atoms with Crippen LogP contribution in [-0.4, -0.2) is 54.3 Å². The van der Waals surface area contributed by atoms with E-state index in [1.807, 2.05) is 6.92 Å². The summed E-state index contributed by atoms with van der Waals surface area (Å²) in [4.78, 5) is 21.5. The van der Waals surface area contributed by atoms with Crippen molar-refractivity contribution in [3.63, 3.8) is 0 Å². The Balaban J connectivity index is 2.26. The van der Waals surface area contributed by atoms with Crippen molar-refractivity contribution < 1.29 is 4.79 Å². The van der Waals surface area contributed by atoms with E-state index < -0.39 is 0 Å². The topological polar surface area (TPSA) is 36.4 Å². The molecule has 17 heavy (non-hydrogen) atoms. The number of carbonyl (C=O) groups is 1. The van der Waals surface area contributed by atoms with Crippen LogP contribution in [0.1, 0.15) is 33.3 Å². The number of likely N-dealkylation sites (N-methyl/N-ethyl adjacent to an activating group) is 2. The highest BCUT2D eigenvalue weighted by molar-refractivity contribution is 7.13. The van der Waals surface area contributed by atoms with Gasteiger partial charge in [0.2, 0.25) is 0 Å². The third-order valence-corrected chi connectivity index (χ3v) is 4.63. The number of thiazole rings is 1. The van der Waals surface area contributed by atoms with Gasteiger partial charge >= 0.3 is 0 Å². The predicted octanol–water partition coefficient (Wildman–Crippen LogP) is 1.57. The molecule has 0 radical (unpaired) electrons. The first-order chi connectivity index (χ1) is 7.99. The molecule has 1 aliphatic heterocycles. The SMILES string of the molecule is CC(=O)c1sc(C2CN(C)CCN2C)nc1C. The van der Waals surface area contributed by atoms with Gasteiger partial charge in [-0.05, 0) is 21.0 Å². The number of rotatable bonds is 2. The monoisotopic (exact) mass is 253 g/mol. The number of nitrogens with zero attached hydrogens (tertiary/aromatic N) is 3. The fourth-order valence-electron chi connectivity index (χ4n) is 2.16. The first-order valence-electron chi connectivity index (χ1n) is 5.86. The largest absolute Gasteiger partial charge is 0.303 e. The van der Waals surface area contributed by atoms with E-state index in [2.05, 4.69) is 28.9 Å². The minimum absolute atomic E-state index is 0.123. The van der Waals surface area contributed by atoms with Gasteiger partial charge in [0.15, 0.2) is 5.78 Å². The van der Waals surface area contributed by atoms with Crippen LogP contribution in [0.5, 0.6) is 0 Å². The lowest BCUT2D eigenvalue weighted by molar-refractivity contribution is 0.102. The molecule has 4 nitrogen and oxygen atoms in total. The van der Waals surface area contributed by atoms with Crippen LogP contribution >= 0.6 is 11.3 Å². The minimum Gasteiger partial charge on any atom is -0.303 e. The van der Waals surface area contributed by atoms with Gasteiger partial charge < -0.3 is 4.90 Å². The van der Waals surface area contributed by atoms with E-state index in [0.29, 0.717) is 6.04 Å². The summed E-state index contributed by atoms with van der Waals surface area (Å²) in [5.74, 6) is 0.123. The maximum atomic E-state index is 11.5. The van der Waals surface area contributed by atoms with Crippen molar-refractivity contribution in [2.24, 2.45) is 0 Å². The molecule has 0 aromatic carbocycles. The summed E-state index contributed by atoms with van der Waals surface area (Å²) >= 11 is 1.55. The first-order valence-corrected chi connectivity index (χ1v) is 6.67. The summed E-state index contributed by atoms with van der Waals surface area (Å²) < 4.78 is 0. The molecule has 0 N–H and O–H groups in total. The Kier molecular flexibility index (Phi) is 3.61. The van der Waals surface area contributed by atoms with E-state index in [1.165, 1.54) is 0 Å². The number of Topliss-reactive ketones (excluding diaryl/α,β-unsaturated/α-hetero) is 1. The molecule has 1 fully saturated rings. The van der Waals surface area contributed by atoms with Gasteiger partial charge in [-0.1, -0.05) is 0 Å². The van der Waals surface area contributed by atoms with Crippen molar-refractivity contribution in [3.05, 3.63) is 15.6 Å². The lowest BCUT2D eigenvalue weighted by Crippen LogP contribution is -2.44. The molecule has 0 amide bonds. The molecule has 1 aliphatic rings. The summed E-state index contributed by atoms with van der Waals surface area (Å²) in [7, 11) is 4.26. The molecule has 0 bridgehead atoms. The molecule has 1 saturated heterocycles. The molecule has 2 heterocycles. The van der Waals surface area contributed by atoms with E-state index in [4.69, 9.17) is 0 Å². The Morgan fingerprint density at radius 2 is 2.12 bits per heavy atom. The first kappa shape index (κ1) is 12.7. The minimum atomic E-state index is 0.123. The number of aromatic nitrogens is 1. The van der Waals surface area contributed by atoms with Gasteiger partial charge in [-0.15, -0.1) is 11.3 Å². The van der Waals surface area contributed by atoms with Crippen LogP contribution < -0.4 is 0 Å². The molecule has 1 atom stereocenters. The summed E-state index contributed by atoms with van der Waals surface area (Å²) in [5, 5.41) is 1.07. The van der Waals surface area contributed by atoms with E-state index in [9.17, 15) is 4.79 Å². The van der Waals surface area contributed by atoms with Crippen LogP contribution in [0.2, 0.25) is 0 Å². The second-order valence-corrected chi connectivity index (χ2v) is 5.81. The van der Waals surface area contributed by atoms with Crippen LogP contribution in [-0.2, 0) is 0 Å². The van der Waals surface area contributed by atoms with E-state index in [1.54, 1.807) is 18.3 Å². The lowest BCUT2D eigenvalue weighted by atomic mass is 10.2. The van der Waals surface area contributed by atoms with E-state index in [-0.39, 0.29) is 5.78 Å². The summed E-state index contributed by atoms with van der Waals surface area (Å²) in [6, 6.07) is 0.325. The van der Waals surface area contributed by atoms with Crippen molar-refractivity contribution in [1.82, 2.24) is 14.8 Å². The Labute approximate surface area is 106 Å². The molecule has 5 heteroatoms. The molecule has 0 saturated carbocycles. The molecule has 0 spiro atoms. The highest BCUT2D eigenvalue weighted by Crippen LogP contribution is 2.29. The summed E-state index contributed by atoms with van der Waals surface area (Å²) in [6.07, 6.45) is 0. The Bertz CT molecular complexity index is 429. The maximum absolute atomic E-state index is 11.5. The molecule has 0 aliphatic carbocycles. The number of carbonyl (C=O) groups excluding carboxylic acids is 1. The van der Waals surface area contributed by atoms with Gasteiger partial charge in [-0.25, -0.2) is 4.98 Å². The Morgan fingerprint density at radius 3 is 2.71 bits per heavy atom. The summed E-state index contributed by atoms with van der Waals surface area (Å²) in [5.41, 5.74) is 0.874. The highest BCUT2D eigenvalue weighted by atomic mass is 32.1. The van der Waals surface area contributed by atoms with Gasteiger partial charge in [-0.2, -0.15) is 0 Å². The normalized spacial score (nSPS) is 22.9. The average Bonchev–Trinajstić information content (AvgIpc) is 2.64. The van der Waals surface area contributed by atoms with Crippen molar-refractivity contribution in [3.8, 4) is 0 Å². The van der Waals surface area contributed by atoms with Crippen LogP contribution in [0.3, 0.4) is 0 Å². The third kappa shape index (κ3) is 2.56. The van der Waals surface area contributed by atoms with Gasteiger partial charge in [0.05, 0.1) is 16.6 Å². The molecular weight excluding hydrogens is 234 g/mol. The van der Waals surface area contributed by atoms with Crippen LogP contribution in [0.15, 0.2) is 0 Å². The van der Waals surface area contributed by atoms with Gasteiger partial charge in [0.1, 0.15) is 5.01 Å². The van der Waals surface area contributed by atoms with E-state index in [0.717, 1.165) is 35.2 Å². The third-order valence-electron chi connectivity index (χ3n) is 3.27. The van der Waals surface area contributed by atoms with Crippen molar-refractivity contribution >= 4 is 17.1 Å². The standard InChI is InChI=1S/C12H19N3OS/c1-8-11(9(2)16)17-12(13-8)10-7-14(3)5-6-15(10)4/h10H,5-7H2,1-4H3. The molecule has 2 rings (SSSR count). The molecule has 94 valence electrons. The van der Waals surface area contributed by atoms with Crippen molar-refractivity contribution in [1.29, 1.82) is 0 Å². The van der Waals surface area contributed by atoms with Gasteiger partial charge in [-0.3, -0.25) is 9.69 Å².